The first-order chi connectivity index (χ1) is 14.6. The van der Waals surface area contributed by atoms with Crippen molar-refractivity contribution in [2.24, 2.45) is 0 Å². The van der Waals surface area contributed by atoms with E-state index < -0.39 is 22.0 Å². The number of hydrogen-bond acceptors (Lipinski definition) is 5. The van der Waals surface area contributed by atoms with Gasteiger partial charge in [0.15, 0.2) is 0 Å². The summed E-state index contributed by atoms with van der Waals surface area (Å²) >= 11 is 6.06. The SMILES string of the molecule is COc1ccc(Cl)cc1N([C@H](C)C(=O)Nc1ccc(N2CCCC2=O)cc1)S(C)(=O)=O. The molecule has 1 saturated heterocycles. The van der Waals surface area contributed by atoms with Gasteiger partial charge in [0.2, 0.25) is 21.8 Å². The largest absolute Gasteiger partial charge is 0.495 e. The summed E-state index contributed by atoms with van der Waals surface area (Å²) in [6.07, 6.45) is 2.37. The Morgan fingerprint density at radius 1 is 1.23 bits per heavy atom. The molecular formula is C21H24ClN3O5S. The van der Waals surface area contributed by atoms with Gasteiger partial charge in [-0.2, -0.15) is 0 Å². The number of rotatable bonds is 7. The summed E-state index contributed by atoms with van der Waals surface area (Å²) in [6.45, 7) is 2.15. The fourth-order valence-corrected chi connectivity index (χ4v) is 4.85. The van der Waals surface area contributed by atoms with E-state index in [1.165, 1.54) is 20.1 Å². The number of nitrogens with one attached hydrogen (secondary N) is 1. The van der Waals surface area contributed by atoms with Crippen molar-refractivity contribution in [2.75, 3.05) is 34.4 Å². The van der Waals surface area contributed by atoms with Crippen LogP contribution in [-0.4, -0.2) is 46.2 Å². The number of hydrogen-bond donors (Lipinski definition) is 1. The average Bonchev–Trinajstić information content (AvgIpc) is 3.13. The van der Waals surface area contributed by atoms with Crippen molar-refractivity contribution in [3.05, 3.63) is 47.5 Å². The molecular weight excluding hydrogens is 442 g/mol. The maximum atomic E-state index is 12.9. The topological polar surface area (TPSA) is 96.0 Å². The van der Waals surface area contributed by atoms with E-state index >= 15 is 0 Å². The summed E-state index contributed by atoms with van der Waals surface area (Å²) in [5.41, 5.74) is 1.41. The van der Waals surface area contributed by atoms with Crippen LogP contribution in [0, 0.1) is 0 Å². The number of anilines is 3. The van der Waals surface area contributed by atoms with E-state index in [1.807, 2.05) is 0 Å². The predicted molar refractivity (Wildman–Crippen MR) is 121 cm³/mol. The van der Waals surface area contributed by atoms with Crippen molar-refractivity contribution in [3.63, 3.8) is 0 Å². The number of ether oxygens (including phenoxy) is 1. The molecule has 2 aromatic carbocycles. The number of carbonyl (C=O) groups is 2. The zero-order chi connectivity index (χ0) is 22.8. The summed E-state index contributed by atoms with van der Waals surface area (Å²) in [6, 6.07) is 10.3. The highest BCUT2D eigenvalue weighted by molar-refractivity contribution is 7.92. The molecule has 1 N–H and O–H groups in total. The number of sulfonamides is 1. The summed E-state index contributed by atoms with van der Waals surface area (Å²) in [4.78, 5) is 26.5. The molecule has 0 bridgehead atoms. The number of carbonyl (C=O) groups excluding carboxylic acids is 2. The summed E-state index contributed by atoms with van der Waals surface area (Å²) in [5, 5.41) is 3.03. The Morgan fingerprint density at radius 2 is 1.90 bits per heavy atom. The smallest absolute Gasteiger partial charge is 0.247 e. The van der Waals surface area contributed by atoms with Crippen molar-refractivity contribution < 1.29 is 22.7 Å². The van der Waals surface area contributed by atoms with Gasteiger partial charge in [-0.15, -0.1) is 0 Å². The minimum atomic E-state index is -3.84. The Hall–Kier alpha value is -2.78. The molecule has 2 amide bonds. The number of halogens is 1. The van der Waals surface area contributed by atoms with Crippen LogP contribution in [0.2, 0.25) is 5.02 Å². The molecule has 0 aromatic heterocycles. The van der Waals surface area contributed by atoms with Gasteiger partial charge in [0.1, 0.15) is 11.8 Å². The van der Waals surface area contributed by atoms with E-state index in [9.17, 15) is 18.0 Å². The van der Waals surface area contributed by atoms with Gasteiger partial charge in [-0.25, -0.2) is 8.42 Å². The molecule has 1 aliphatic rings. The Kier molecular flexibility index (Phi) is 6.76. The average molecular weight is 466 g/mol. The highest BCUT2D eigenvalue weighted by Gasteiger charge is 2.31. The quantitative estimate of drug-likeness (QED) is 0.677. The number of benzene rings is 2. The molecule has 10 heteroatoms. The third-order valence-corrected chi connectivity index (χ3v) is 6.45. The van der Waals surface area contributed by atoms with E-state index in [2.05, 4.69) is 5.32 Å². The Labute approximate surface area is 186 Å². The molecule has 1 aliphatic heterocycles. The van der Waals surface area contributed by atoms with Crippen LogP contribution in [0.5, 0.6) is 5.75 Å². The molecule has 3 rings (SSSR count). The second-order valence-corrected chi connectivity index (χ2v) is 9.53. The number of nitrogens with zero attached hydrogens (tertiary/aromatic N) is 2. The zero-order valence-electron chi connectivity index (χ0n) is 17.5. The second kappa shape index (κ2) is 9.15. The van der Waals surface area contributed by atoms with Crippen molar-refractivity contribution in [1.29, 1.82) is 0 Å². The predicted octanol–water partition coefficient (Wildman–Crippen LogP) is 3.27. The first-order valence-electron chi connectivity index (χ1n) is 9.66. The minimum Gasteiger partial charge on any atom is -0.495 e. The zero-order valence-corrected chi connectivity index (χ0v) is 19.0. The fourth-order valence-electron chi connectivity index (χ4n) is 3.51. The molecule has 1 heterocycles. The van der Waals surface area contributed by atoms with E-state index in [0.29, 0.717) is 23.7 Å². The van der Waals surface area contributed by atoms with Gasteiger partial charge in [-0.1, -0.05) is 11.6 Å². The van der Waals surface area contributed by atoms with E-state index in [0.717, 1.165) is 22.7 Å². The lowest BCUT2D eigenvalue weighted by Crippen LogP contribution is -2.45. The van der Waals surface area contributed by atoms with Crippen LogP contribution in [0.25, 0.3) is 0 Å². The summed E-state index contributed by atoms with van der Waals surface area (Å²) < 4.78 is 31.3. The standard InChI is InChI=1S/C21H24ClN3O5S/c1-14(25(31(3,28)29)18-13-15(22)6-11-19(18)30-2)21(27)23-16-7-9-17(10-8-16)24-12-4-5-20(24)26/h6-11,13-14H,4-5,12H2,1-3H3,(H,23,27)/t14-/m1/s1. The molecule has 0 saturated carbocycles. The molecule has 2 aromatic rings. The molecule has 166 valence electrons. The van der Waals surface area contributed by atoms with E-state index in [-0.39, 0.29) is 17.3 Å². The summed E-state index contributed by atoms with van der Waals surface area (Å²) in [7, 11) is -2.43. The highest BCUT2D eigenvalue weighted by Crippen LogP contribution is 2.34. The number of amides is 2. The van der Waals surface area contributed by atoms with Crippen LogP contribution in [0.15, 0.2) is 42.5 Å². The monoisotopic (exact) mass is 465 g/mol. The van der Waals surface area contributed by atoms with Crippen molar-refractivity contribution >= 4 is 50.5 Å². The molecule has 0 radical (unpaired) electrons. The van der Waals surface area contributed by atoms with Gasteiger partial charge in [-0.05, 0) is 55.8 Å². The van der Waals surface area contributed by atoms with Gasteiger partial charge in [0.25, 0.3) is 0 Å². The van der Waals surface area contributed by atoms with Crippen LogP contribution in [0.3, 0.4) is 0 Å². The minimum absolute atomic E-state index is 0.0738. The lowest BCUT2D eigenvalue weighted by atomic mass is 10.2. The Balaban J connectivity index is 1.83. The first-order valence-corrected chi connectivity index (χ1v) is 11.9. The van der Waals surface area contributed by atoms with Crippen LogP contribution in [0.4, 0.5) is 17.1 Å². The highest BCUT2D eigenvalue weighted by atomic mass is 35.5. The molecule has 1 atom stereocenters. The third kappa shape index (κ3) is 5.11. The lowest BCUT2D eigenvalue weighted by molar-refractivity contribution is -0.117. The Morgan fingerprint density at radius 3 is 2.45 bits per heavy atom. The van der Waals surface area contributed by atoms with E-state index in [4.69, 9.17) is 16.3 Å². The lowest BCUT2D eigenvalue weighted by Gasteiger charge is -2.29. The molecule has 0 unspecified atom stereocenters. The van der Waals surface area contributed by atoms with Crippen molar-refractivity contribution in [3.8, 4) is 5.75 Å². The third-order valence-electron chi connectivity index (χ3n) is 4.99. The fraction of sp³-hybridized carbons (Fsp3) is 0.333. The molecule has 0 aliphatic carbocycles. The van der Waals surface area contributed by atoms with Crippen molar-refractivity contribution in [2.45, 2.75) is 25.8 Å². The summed E-state index contributed by atoms with van der Waals surface area (Å²) in [5.74, 6) is -0.184. The second-order valence-electron chi connectivity index (χ2n) is 7.24. The maximum Gasteiger partial charge on any atom is 0.247 e. The molecule has 0 spiro atoms. The van der Waals surface area contributed by atoms with Gasteiger partial charge >= 0.3 is 0 Å². The van der Waals surface area contributed by atoms with Gasteiger partial charge in [0, 0.05) is 29.4 Å². The van der Waals surface area contributed by atoms with Gasteiger partial charge < -0.3 is 15.0 Å². The number of methoxy groups -OCH3 is 1. The van der Waals surface area contributed by atoms with Crippen molar-refractivity contribution in [1.82, 2.24) is 0 Å². The molecule has 1 fully saturated rings. The molecule has 8 nitrogen and oxygen atoms in total. The Bertz CT molecular complexity index is 1090. The van der Waals surface area contributed by atoms with E-state index in [1.54, 1.807) is 41.3 Å². The molecule has 31 heavy (non-hydrogen) atoms. The van der Waals surface area contributed by atoms with Crippen LogP contribution < -0.4 is 19.3 Å². The van der Waals surface area contributed by atoms with Crippen LogP contribution in [0.1, 0.15) is 19.8 Å². The first kappa shape index (κ1) is 22.9. The maximum absolute atomic E-state index is 12.9. The van der Waals surface area contributed by atoms with Gasteiger partial charge in [0.05, 0.1) is 19.1 Å². The normalized spacial score (nSPS) is 15.0. The van der Waals surface area contributed by atoms with Gasteiger partial charge in [-0.3, -0.25) is 13.9 Å². The van der Waals surface area contributed by atoms with Crippen LogP contribution >= 0.6 is 11.6 Å². The van der Waals surface area contributed by atoms with Crippen LogP contribution in [-0.2, 0) is 19.6 Å².